The molecule has 0 aromatic carbocycles. The van der Waals surface area contributed by atoms with Gasteiger partial charge in [0.15, 0.2) is 0 Å². The monoisotopic (exact) mass is 295 g/mol. The lowest BCUT2D eigenvalue weighted by atomic mass is 10.5. The molecular formula is C8H10INO3. The van der Waals surface area contributed by atoms with E-state index in [2.05, 4.69) is 15.2 Å². The standard InChI is InChI=1S/C8H10INO3/c1-2-5-13-8(12)6-10-7(11)3-4-9/h2,5-6H2,1H3,(H,10,11). The summed E-state index contributed by atoms with van der Waals surface area (Å²) in [5, 5.41) is 2.30. The lowest BCUT2D eigenvalue weighted by Crippen LogP contribution is -2.29. The first-order chi connectivity index (χ1) is 6.20. The molecule has 0 radical (unpaired) electrons. The molecule has 1 N–H and O–H groups in total. The topological polar surface area (TPSA) is 55.4 Å². The van der Waals surface area contributed by atoms with E-state index in [1.807, 2.05) is 6.92 Å². The molecule has 0 aliphatic heterocycles. The Kier molecular flexibility index (Phi) is 7.39. The third-order valence-corrected chi connectivity index (χ3v) is 1.29. The molecule has 0 aliphatic carbocycles. The molecule has 0 aliphatic rings. The normalized spacial score (nSPS) is 8.15. The van der Waals surface area contributed by atoms with Crippen LogP contribution in [0.5, 0.6) is 0 Å². The number of halogens is 1. The van der Waals surface area contributed by atoms with Gasteiger partial charge in [-0.25, -0.2) is 0 Å². The maximum atomic E-state index is 10.8. The predicted octanol–water partition coefficient (Wildman–Crippen LogP) is 0.452. The van der Waals surface area contributed by atoms with Crippen molar-refractivity contribution in [2.75, 3.05) is 13.2 Å². The van der Waals surface area contributed by atoms with E-state index in [9.17, 15) is 9.59 Å². The third kappa shape index (κ3) is 7.59. The van der Waals surface area contributed by atoms with E-state index in [1.165, 1.54) is 0 Å². The van der Waals surface area contributed by atoms with Crippen LogP contribution in [-0.2, 0) is 14.3 Å². The van der Waals surface area contributed by atoms with E-state index < -0.39 is 11.9 Å². The molecule has 0 spiro atoms. The van der Waals surface area contributed by atoms with Gasteiger partial charge in [0.25, 0.3) is 5.91 Å². The van der Waals surface area contributed by atoms with Crippen LogP contribution in [0.4, 0.5) is 0 Å². The Bertz CT molecular complexity index is 242. The SMILES string of the molecule is CCCOC(=O)CNC(=O)C#CI. The summed E-state index contributed by atoms with van der Waals surface area (Å²) >= 11 is 1.74. The zero-order chi connectivity index (χ0) is 10.1. The van der Waals surface area contributed by atoms with Gasteiger partial charge in [0.2, 0.25) is 0 Å². The van der Waals surface area contributed by atoms with Crippen molar-refractivity contribution in [3.8, 4) is 9.85 Å². The zero-order valence-corrected chi connectivity index (χ0v) is 9.38. The van der Waals surface area contributed by atoms with Crippen LogP contribution in [0.25, 0.3) is 0 Å². The van der Waals surface area contributed by atoms with E-state index in [0.29, 0.717) is 6.61 Å². The first-order valence-corrected chi connectivity index (χ1v) is 4.83. The van der Waals surface area contributed by atoms with Crippen LogP contribution in [0.1, 0.15) is 13.3 Å². The molecule has 0 heterocycles. The average Bonchev–Trinajstić information content (AvgIpc) is 2.12. The van der Waals surface area contributed by atoms with Gasteiger partial charge in [-0.3, -0.25) is 9.59 Å². The minimum absolute atomic E-state index is 0.121. The first-order valence-electron chi connectivity index (χ1n) is 3.75. The highest BCUT2D eigenvalue weighted by atomic mass is 127. The Morgan fingerprint density at radius 3 is 2.77 bits per heavy atom. The lowest BCUT2D eigenvalue weighted by molar-refractivity contribution is -0.143. The van der Waals surface area contributed by atoms with Crippen LogP contribution in [0.2, 0.25) is 0 Å². The van der Waals surface area contributed by atoms with Gasteiger partial charge >= 0.3 is 5.97 Å². The van der Waals surface area contributed by atoms with Gasteiger partial charge in [-0.1, -0.05) is 6.92 Å². The van der Waals surface area contributed by atoms with Crippen molar-refractivity contribution in [1.82, 2.24) is 5.32 Å². The van der Waals surface area contributed by atoms with Gasteiger partial charge in [0.1, 0.15) is 6.54 Å². The van der Waals surface area contributed by atoms with Crippen LogP contribution < -0.4 is 5.32 Å². The van der Waals surface area contributed by atoms with Crippen molar-refractivity contribution in [2.24, 2.45) is 0 Å². The number of hydrogen-bond donors (Lipinski definition) is 1. The third-order valence-electron chi connectivity index (χ3n) is 1.02. The zero-order valence-electron chi connectivity index (χ0n) is 7.22. The molecule has 0 unspecified atom stereocenters. The lowest BCUT2D eigenvalue weighted by Gasteiger charge is -2.01. The molecule has 0 atom stereocenters. The Labute approximate surface area is 90.5 Å². The second-order valence-corrected chi connectivity index (χ2v) is 2.66. The molecule has 0 aromatic rings. The van der Waals surface area contributed by atoms with E-state index in [-0.39, 0.29) is 6.54 Å². The van der Waals surface area contributed by atoms with Gasteiger partial charge in [-0.2, -0.15) is 0 Å². The maximum absolute atomic E-state index is 10.8. The highest BCUT2D eigenvalue weighted by molar-refractivity contribution is 14.1. The Morgan fingerprint density at radius 1 is 1.54 bits per heavy atom. The van der Waals surface area contributed by atoms with Gasteiger partial charge < -0.3 is 10.1 Å². The summed E-state index contributed by atoms with van der Waals surface area (Å²) in [6.07, 6.45) is 0.771. The summed E-state index contributed by atoms with van der Waals surface area (Å²) in [5.41, 5.74) is 0. The van der Waals surface area contributed by atoms with E-state index >= 15 is 0 Å². The summed E-state index contributed by atoms with van der Waals surface area (Å²) in [4.78, 5) is 21.5. The fourth-order valence-electron chi connectivity index (χ4n) is 0.506. The van der Waals surface area contributed by atoms with E-state index in [4.69, 9.17) is 4.74 Å². The minimum Gasteiger partial charge on any atom is -0.464 e. The molecule has 0 fully saturated rings. The fourth-order valence-corrected chi connectivity index (χ4v) is 0.751. The number of ether oxygens (including phenoxy) is 1. The largest absolute Gasteiger partial charge is 0.464 e. The average molecular weight is 295 g/mol. The Morgan fingerprint density at radius 2 is 2.23 bits per heavy atom. The van der Waals surface area contributed by atoms with Gasteiger partial charge in [0, 0.05) is 28.5 Å². The number of carbonyl (C=O) groups is 2. The van der Waals surface area contributed by atoms with E-state index in [0.717, 1.165) is 6.42 Å². The molecule has 0 aromatic heterocycles. The molecule has 5 heteroatoms. The second-order valence-electron chi connectivity index (χ2n) is 2.12. The molecule has 0 rings (SSSR count). The van der Waals surface area contributed by atoms with Crippen molar-refractivity contribution in [2.45, 2.75) is 13.3 Å². The maximum Gasteiger partial charge on any atom is 0.325 e. The van der Waals surface area contributed by atoms with Crippen LogP contribution in [-0.4, -0.2) is 25.0 Å². The summed E-state index contributed by atoms with van der Waals surface area (Å²) in [7, 11) is 0. The smallest absolute Gasteiger partial charge is 0.325 e. The Balaban J connectivity index is 3.56. The van der Waals surface area contributed by atoms with Crippen molar-refractivity contribution < 1.29 is 14.3 Å². The van der Waals surface area contributed by atoms with Crippen LogP contribution >= 0.6 is 22.6 Å². The number of nitrogens with one attached hydrogen (secondary N) is 1. The van der Waals surface area contributed by atoms with Crippen molar-refractivity contribution in [3.05, 3.63) is 0 Å². The molecule has 0 bridgehead atoms. The van der Waals surface area contributed by atoms with Crippen LogP contribution in [0, 0.1) is 9.85 Å². The summed E-state index contributed by atoms with van der Waals surface area (Å²) < 4.78 is 7.11. The summed E-state index contributed by atoms with van der Waals surface area (Å²) in [6, 6.07) is 0. The van der Waals surface area contributed by atoms with Crippen molar-refractivity contribution >= 4 is 34.5 Å². The highest BCUT2D eigenvalue weighted by Crippen LogP contribution is 1.81. The fraction of sp³-hybridized carbons (Fsp3) is 0.500. The molecule has 1 amide bonds. The summed E-state index contributed by atoms with van der Waals surface area (Å²) in [6.45, 7) is 2.16. The van der Waals surface area contributed by atoms with Gasteiger partial charge in [0.05, 0.1) is 6.61 Å². The van der Waals surface area contributed by atoms with Crippen LogP contribution in [0.15, 0.2) is 0 Å². The molecular weight excluding hydrogens is 285 g/mol. The number of hydrogen-bond acceptors (Lipinski definition) is 3. The number of esters is 1. The van der Waals surface area contributed by atoms with Gasteiger partial charge in [-0.15, -0.1) is 0 Å². The molecule has 0 saturated heterocycles. The predicted molar refractivity (Wildman–Crippen MR) is 56.1 cm³/mol. The molecule has 13 heavy (non-hydrogen) atoms. The second kappa shape index (κ2) is 7.86. The van der Waals surface area contributed by atoms with Gasteiger partial charge in [-0.05, 0) is 10.3 Å². The first kappa shape index (κ1) is 12.2. The van der Waals surface area contributed by atoms with Crippen LogP contribution in [0.3, 0.4) is 0 Å². The highest BCUT2D eigenvalue weighted by Gasteiger charge is 2.02. The minimum atomic E-state index is -0.470. The number of amides is 1. The number of carbonyl (C=O) groups excluding carboxylic acids is 2. The summed E-state index contributed by atoms with van der Waals surface area (Å²) in [5.74, 6) is 1.33. The quantitative estimate of drug-likeness (QED) is 0.465. The molecule has 4 nitrogen and oxygen atoms in total. The van der Waals surface area contributed by atoms with Crippen molar-refractivity contribution in [3.63, 3.8) is 0 Å². The molecule has 72 valence electrons. The Hall–Kier alpha value is -0.770. The van der Waals surface area contributed by atoms with Crippen molar-refractivity contribution in [1.29, 1.82) is 0 Å². The van der Waals surface area contributed by atoms with E-state index in [1.54, 1.807) is 22.6 Å². The molecule has 0 saturated carbocycles. The number of rotatable bonds is 4.